The highest BCUT2D eigenvalue weighted by Crippen LogP contribution is 2.21. The van der Waals surface area contributed by atoms with E-state index in [1.807, 2.05) is 14.1 Å². The van der Waals surface area contributed by atoms with Crippen LogP contribution in [0.2, 0.25) is 0 Å². The number of anilines is 1. The molecule has 0 aliphatic heterocycles. The van der Waals surface area contributed by atoms with Crippen molar-refractivity contribution < 1.29 is 9.84 Å². The Kier molecular flexibility index (Phi) is 6.12. The van der Waals surface area contributed by atoms with Crippen molar-refractivity contribution in [2.45, 2.75) is 19.6 Å². The highest BCUT2D eigenvalue weighted by molar-refractivity contribution is 5.54. The first-order chi connectivity index (χ1) is 8.58. The van der Waals surface area contributed by atoms with Gasteiger partial charge in [0.1, 0.15) is 0 Å². The van der Waals surface area contributed by atoms with Gasteiger partial charge in [0, 0.05) is 32.9 Å². The van der Waals surface area contributed by atoms with Crippen LogP contribution in [-0.2, 0) is 11.3 Å². The van der Waals surface area contributed by atoms with E-state index in [2.05, 4.69) is 35.3 Å². The van der Waals surface area contributed by atoms with E-state index in [0.29, 0.717) is 13.2 Å². The largest absolute Gasteiger partial charge is 0.389 e. The summed E-state index contributed by atoms with van der Waals surface area (Å²) >= 11 is 0. The van der Waals surface area contributed by atoms with E-state index in [4.69, 9.17) is 4.74 Å². The van der Waals surface area contributed by atoms with Crippen molar-refractivity contribution in [2.75, 3.05) is 39.3 Å². The standard InChI is InChI=1S/C14H24N2O2/c1-11-5-6-14(12(7-11)8-15-2)16(3)9-13(17)10-18-4/h5-7,13,15,17H,8-10H2,1-4H3. The second kappa shape index (κ2) is 7.36. The number of nitrogens with one attached hydrogen (secondary N) is 1. The molecule has 0 amide bonds. The fourth-order valence-electron chi connectivity index (χ4n) is 2.08. The number of hydrogen-bond donors (Lipinski definition) is 2. The Morgan fingerprint density at radius 1 is 1.44 bits per heavy atom. The van der Waals surface area contributed by atoms with Gasteiger partial charge in [-0.2, -0.15) is 0 Å². The van der Waals surface area contributed by atoms with Crippen LogP contribution in [0.15, 0.2) is 18.2 Å². The van der Waals surface area contributed by atoms with Gasteiger partial charge < -0.3 is 20.1 Å². The highest BCUT2D eigenvalue weighted by Gasteiger charge is 2.11. The number of aliphatic hydroxyl groups excluding tert-OH is 1. The van der Waals surface area contributed by atoms with Gasteiger partial charge in [0.25, 0.3) is 0 Å². The van der Waals surface area contributed by atoms with Crippen molar-refractivity contribution in [3.8, 4) is 0 Å². The molecule has 2 N–H and O–H groups in total. The molecule has 1 atom stereocenters. The second-order valence-electron chi connectivity index (χ2n) is 4.65. The molecule has 0 fully saturated rings. The van der Waals surface area contributed by atoms with Crippen LogP contribution < -0.4 is 10.2 Å². The molecule has 0 bridgehead atoms. The van der Waals surface area contributed by atoms with Crippen LogP contribution in [-0.4, -0.2) is 45.6 Å². The minimum Gasteiger partial charge on any atom is -0.389 e. The molecule has 0 radical (unpaired) electrons. The summed E-state index contributed by atoms with van der Waals surface area (Å²) in [6, 6.07) is 6.36. The van der Waals surface area contributed by atoms with E-state index in [9.17, 15) is 5.11 Å². The third kappa shape index (κ3) is 4.29. The number of rotatable bonds is 7. The number of aryl methyl sites for hydroxylation is 1. The molecule has 102 valence electrons. The van der Waals surface area contributed by atoms with Crippen molar-refractivity contribution >= 4 is 5.69 Å². The molecule has 0 aromatic heterocycles. The Balaban J connectivity index is 2.80. The Labute approximate surface area is 110 Å². The Morgan fingerprint density at radius 2 is 2.17 bits per heavy atom. The van der Waals surface area contributed by atoms with Gasteiger partial charge in [0.05, 0.1) is 12.7 Å². The predicted molar refractivity (Wildman–Crippen MR) is 75.1 cm³/mol. The lowest BCUT2D eigenvalue weighted by Gasteiger charge is -2.25. The molecular weight excluding hydrogens is 228 g/mol. The summed E-state index contributed by atoms with van der Waals surface area (Å²) in [6.45, 7) is 3.83. The van der Waals surface area contributed by atoms with E-state index >= 15 is 0 Å². The number of ether oxygens (including phenoxy) is 1. The van der Waals surface area contributed by atoms with Crippen LogP contribution in [0, 0.1) is 6.92 Å². The maximum atomic E-state index is 9.77. The summed E-state index contributed by atoms with van der Waals surface area (Å²) < 4.78 is 4.95. The monoisotopic (exact) mass is 252 g/mol. The van der Waals surface area contributed by atoms with Gasteiger partial charge in [-0.05, 0) is 25.6 Å². The summed E-state index contributed by atoms with van der Waals surface area (Å²) in [5.41, 5.74) is 3.63. The summed E-state index contributed by atoms with van der Waals surface area (Å²) in [7, 11) is 5.52. The van der Waals surface area contributed by atoms with Crippen LogP contribution in [0.3, 0.4) is 0 Å². The van der Waals surface area contributed by atoms with Crippen molar-refractivity contribution in [1.29, 1.82) is 0 Å². The lowest BCUT2D eigenvalue weighted by molar-refractivity contribution is 0.0695. The van der Waals surface area contributed by atoms with Gasteiger partial charge >= 0.3 is 0 Å². The zero-order chi connectivity index (χ0) is 13.5. The third-order valence-electron chi connectivity index (χ3n) is 2.86. The maximum Gasteiger partial charge on any atom is 0.0947 e. The topological polar surface area (TPSA) is 44.7 Å². The lowest BCUT2D eigenvalue weighted by Crippen LogP contribution is -2.32. The van der Waals surface area contributed by atoms with Gasteiger partial charge in [-0.3, -0.25) is 0 Å². The highest BCUT2D eigenvalue weighted by atomic mass is 16.5. The fourth-order valence-corrected chi connectivity index (χ4v) is 2.08. The lowest BCUT2D eigenvalue weighted by atomic mass is 10.1. The summed E-state index contributed by atoms with van der Waals surface area (Å²) in [4.78, 5) is 2.07. The number of methoxy groups -OCH3 is 1. The minimum atomic E-state index is -0.469. The maximum absolute atomic E-state index is 9.77. The summed E-state index contributed by atoms with van der Waals surface area (Å²) in [6.07, 6.45) is -0.469. The summed E-state index contributed by atoms with van der Waals surface area (Å²) in [5, 5.41) is 12.9. The molecule has 18 heavy (non-hydrogen) atoms. The van der Waals surface area contributed by atoms with Gasteiger partial charge in [0.15, 0.2) is 0 Å². The van der Waals surface area contributed by atoms with Crippen LogP contribution in [0.5, 0.6) is 0 Å². The SMILES string of the molecule is CNCc1cc(C)ccc1N(C)CC(O)COC. The smallest absolute Gasteiger partial charge is 0.0947 e. The van der Waals surface area contributed by atoms with Gasteiger partial charge in [-0.1, -0.05) is 17.7 Å². The summed E-state index contributed by atoms with van der Waals surface area (Å²) in [5.74, 6) is 0. The van der Waals surface area contributed by atoms with E-state index in [0.717, 1.165) is 12.2 Å². The number of hydrogen-bond acceptors (Lipinski definition) is 4. The molecule has 0 saturated carbocycles. The molecule has 0 heterocycles. The van der Waals surface area contributed by atoms with Crippen LogP contribution in [0.25, 0.3) is 0 Å². The van der Waals surface area contributed by atoms with E-state index in [1.54, 1.807) is 7.11 Å². The predicted octanol–water partition coefficient (Wildman–Crippen LogP) is 1.16. The first-order valence-corrected chi connectivity index (χ1v) is 6.20. The van der Waals surface area contributed by atoms with Gasteiger partial charge in [0.2, 0.25) is 0 Å². The van der Waals surface area contributed by atoms with E-state index < -0.39 is 6.10 Å². The zero-order valence-electron chi connectivity index (χ0n) is 11.7. The van der Waals surface area contributed by atoms with E-state index in [1.165, 1.54) is 11.1 Å². The Morgan fingerprint density at radius 3 is 2.78 bits per heavy atom. The normalized spacial score (nSPS) is 12.5. The molecule has 1 unspecified atom stereocenters. The molecule has 4 heteroatoms. The number of likely N-dealkylation sites (N-methyl/N-ethyl adjacent to an activating group) is 1. The number of benzene rings is 1. The van der Waals surface area contributed by atoms with E-state index in [-0.39, 0.29) is 0 Å². The zero-order valence-corrected chi connectivity index (χ0v) is 11.7. The second-order valence-corrected chi connectivity index (χ2v) is 4.65. The average molecular weight is 252 g/mol. The average Bonchev–Trinajstić information content (AvgIpc) is 2.29. The van der Waals surface area contributed by atoms with Crippen molar-refractivity contribution in [3.63, 3.8) is 0 Å². The van der Waals surface area contributed by atoms with Crippen LogP contribution in [0.4, 0.5) is 5.69 Å². The first kappa shape index (κ1) is 15.0. The Hall–Kier alpha value is -1.10. The quantitative estimate of drug-likeness (QED) is 0.764. The third-order valence-corrected chi connectivity index (χ3v) is 2.86. The molecule has 1 rings (SSSR count). The number of nitrogens with zero attached hydrogens (tertiary/aromatic N) is 1. The molecule has 1 aromatic carbocycles. The Bertz CT molecular complexity index is 369. The minimum absolute atomic E-state index is 0.359. The molecule has 0 aliphatic carbocycles. The fraction of sp³-hybridized carbons (Fsp3) is 0.571. The number of aliphatic hydroxyl groups is 1. The van der Waals surface area contributed by atoms with Crippen molar-refractivity contribution in [1.82, 2.24) is 5.32 Å². The molecule has 0 saturated heterocycles. The first-order valence-electron chi connectivity index (χ1n) is 6.20. The van der Waals surface area contributed by atoms with Crippen LogP contribution >= 0.6 is 0 Å². The molecular formula is C14H24N2O2. The molecule has 1 aromatic rings. The molecule has 4 nitrogen and oxygen atoms in total. The van der Waals surface area contributed by atoms with Crippen LogP contribution in [0.1, 0.15) is 11.1 Å². The van der Waals surface area contributed by atoms with Gasteiger partial charge in [-0.15, -0.1) is 0 Å². The molecule has 0 aliphatic rings. The van der Waals surface area contributed by atoms with Gasteiger partial charge in [-0.25, -0.2) is 0 Å². The van der Waals surface area contributed by atoms with Crippen molar-refractivity contribution in [2.24, 2.45) is 0 Å². The molecule has 0 spiro atoms. The van der Waals surface area contributed by atoms with Crippen molar-refractivity contribution in [3.05, 3.63) is 29.3 Å².